The van der Waals surface area contributed by atoms with E-state index in [0.29, 0.717) is 6.04 Å². The monoisotopic (exact) mass is 225 g/mol. The molecule has 4 heteroatoms. The lowest BCUT2D eigenvalue weighted by molar-refractivity contribution is 0.121. The maximum atomic E-state index is 6.03. The second-order valence-electron chi connectivity index (χ2n) is 4.37. The summed E-state index contributed by atoms with van der Waals surface area (Å²) in [5.41, 5.74) is 9.12. The van der Waals surface area contributed by atoms with Crippen molar-refractivity contribution in [3.05, 3.63) is 16.6 Å². The summed E-state index contributed by atoms with van der Waals surface area (Å²) in [4.78, 5) is 6.83. The molecule has 0 saturated carbocycles. The zero-order valence-corrected chi connectivity index (χ0v) is 10.0. The first-order valence-corrected chi connectivity index (χ1v) is 6.58. The average molecular weight is 225 g/mol. The third-order valence-corrected chi connectivity index (χ3v) is 3.75. The van der Waals surface area contributed by atoms with Gasteiger partial charge in [0.05, 0.1) is 11.2 Å². The Morgan fingerprint density at radius 1 is 1.67 bits per heavy atom. The molecule has 2 atom stereocenters. The maximum absolute atomic E-state index is 6.03. The van der Waals surface area contributed by atoms with Gasteiger partial charge < -0.3 is 5.73 Å². The first-order valence-electron chi connectivity index (χ1n) is 5.64. The largest absolute Gasteiger partial charge is 0.327 e. The summed E-state index contributed by atoms with van der Waals surface area (Å²) in [6.07, 6.45) is 3.86. The fourth-order valence-corrected chi connectivity index (χ4v) is 2.88. The van der Waals surface area contributed by atoms with Gasteiger partial charge >= 0.3 is 0 Å². The van der Waals surface area contributed by atoms with Gasteiger partial charge in [0.25, 0.3) is 0 Å². The van der Waals surface area contributed by atoms with Gasteiger partial charge in [-0.15, -0.1) is 11.3 Å². The molecule has 0 bridgehead atoms. The number of likely N-dealkylation sites (tertiary alicyclic amines) is 1. The lowest BCUT2D eigenvalue weighted by Gasteiger charge is -2.37. The van der Waals surface area contributed by atoms with Crippen LogP contribution in [-0.4, -0.2) is 28.5 Å². The van der Waals surface area contributed by atoms with E-state index in [1.54, 1.807) is 11.3 Å². The zero-order chi connectivity index (χ0) is 10.7. The SMILES string of the molecule is CC(N)C1CCCCN1Cc1cscn1. The molecule has 1 saturated heterocycles. The molecule has 2 unspecified atom stereocenters. The van der Waals surface area contributed by atoms with Crippen LogP contribution in [0, 0.1) is 0 Å². The molecular formula is C11H19N3S. The van der Waals surface area contributed by atoms with Crippen LogP contribution in [0.5, 0.6) is 0 Å². The fourth-order valence-electron chi connectivity index (χ4n) is 2.33. The molecule has 1 aliphatic heterocycles. The van der Waals surface area contributed by atoms with Crippen LogP contribution in [0.3, 0.4) is 0 Å². The van der Waals surface area contributed by atoms with Crippen LogP contribution < -0.4 is 5.73 Å². The molecule has 1 aromatic heterocycles. The van der Waals surface area contributed by atoms with Gasteiger partial charge in [-0.05, 0) is 26.3 Å². The highest BCUT2D eigenvalue weighted by molar-refractivity contribution is 7.07. The second kappa shape index (κ2) is 5.05. The van der Waals surface area contributed by atoms with Crippen molar-refractivity contribution in [2.45, 2.75) is 44.8 Å². The van der Waals surface area contributed by atoms with Crippen molar-refractivity contribution < 1.29 is 0 Å². The Kier molecular flexibility index (Phi) is 3.72. The Labute approximate surface area is 95.3 Å². The predicted molar refractivity (Wildman–Crippen MR) is 63.8 cm³/mol. The van der Waals surface area contributed by atoms with Crippen molar-refractivity contribution in [1.82, 2.24) is 9.88 Å². The van der Waals surface area contributed by atoms with E-state index in [1.165, 1.54) is 31.5 Å². The van der Waals surface area contributed by atoms with Crippen molar-refractivity contribution in [2.75, 3.05) is 6.54 Å². The Bertz CT molecular complexity index is 284. The summed E-state index contributed by atoms with van der Waals surface area (Å²) in [5, 5.41) is 2.13. The molecule has 2 heterocycles. The Hall–Kier alpha value is -0.450. The molecule has 0 amide bonds. The van der Waals surface area contributed by atoms with Crippen molar-refractivity contribution >= 4 is 11.3 Å². The number of aromatic nitrogens is 1. The van der Waals surface area contributed by atoms with Crippen LogP contribution >= 0.6 is 11.3 Å². The fraction of sp³-hybridized carbons (Fsp3) is 0.727. The van der Waals surface area contributed by atoms with Gasteiger partial charge in [0.2, 0.25) is 0 Å². The number of piperidine rings is 1. The smallest absolute Gasteiger partial charge is 0.0795 e. The third-order valence-electron chi connectivity index (χ3n) is 3.12. The summed E-state index contributed by atoms with van der Waals surface area (Å²) >= 11 is 1.67. The molecule has 0 spiro atoms. The lowest BCUT2D eigenvalue weighted by atomic mass is 9.97. The number of thiazole rings is 1. The molecule has 15 heavy (non-hydrogen) atoms. The quantitative estimate of drug-likeness (QED) is 0.853. The standard InChI is InChI=1S/C11H19N3S/c1-9(12)11-4-2-3-5-14(11)6-10-7-15-8-13-10/h7-9,11H,2-6,12H2,1H3. The summed E-state index contributed by atoms with van der Waals surface area (Å²) in [6.45, 7) is 4.25. The molecule has 2 rings (SSSR count). The Morgan fingerprint density at radius 2 is 2.53 bits per heavy atom. The number of hydrogen-bond acceptors (Lipinski definition) is 4. The zero-order valence-electron chi connectivity index (χ0n) is 9.22. The minimum absolute atomic E-state index is 0.268. The highest BCUT2D eigenvalue weighted by Gasteiger charge is 2.25. The van der Waals surface area contributed by atoms with Crippen molar-refractivity contribution in [3.8, 4) is 0 Å². The first kappa shape index (κ1) is 11.0. The molecule has 0 aromatic carbocycles. The molecular weight excluding hydrogens is 206 g/mol. The minimum atomic E-state index is 0.268. The third kappa shape index (κ3) is 2.77. The predicted octanol–water partition coefficient (Wildman–Crippen LogP) is 1.84. The molecule has 1 aromatic rings. The number of hydrogen-bond donors (Lipinski definition) is 1. The van der Waals surface area contributed by atoms with Crippen LogP contribution in [0.2, 0.25) is 0 Å². The molecule has 0 aliphatic carbocycles. The van der Waals surface area contributed by atoms with E-state index < -0.39 is 0 Å². The summed E-state index contributed by atoms with van der Waals surface area (Å²) in [7, 11) is 0. The minimum Gasteiger partial charge on any atom is -0.327 e. The topological polar surface area (TPSA) is 42.1 Å². The average Bonchev–Trinajstić information content (AvgIpc) is 2.71. The molecule has 84 valence electrons. The van der Waals surface area contributed by atoms with Gasteiger partial charge in [0.15, 0.2) is 0 Å². The van der Waals surface area contributed by atoms with Crippen LogP contribution in [0.1, 0.15) is 31.9 Å². The van der Waals surface area contributed by atoms with E-state index in [-0.39, 0.29) is 6.04 Å². The van der Waals surface area contributed by atoms with Crippen molar-refractivity contribution in [1.29, 1.82) is 0 Å². The van der Waals surface area contributed by atoms with Crippen LogP contribution in [0.15, 0.2) is 10.9 Å². The van der Waals surface area contributed by atoms with Crippen LogP contribution in [0.4, 0.5) is 0 Å². The van der Waals surface area contributed by atoms with Crippen LogP contribution in [-0.2, 0) is 6.54 Å². The van der Waals surface area contributed by atoms with E-state index in [9.17, 15) is 0 Å². The molecule has 2 N–H and O–H groups in total. The molecule has 1 aliphatic rings. The number of nitrogens with two attached hydrogens (primary N) is 1. The van der Waals surface area contributed by atoms with Gasteiger partial charge in [-0.25, -0.2) is 4.98 Å². The van der Waals surface area contributed by atoms with Crippen LogP contribution in [0.25, 0.3) is 0 Å². The molecule has 3 nitrogen and oxygen atoms in total. The van der Waals surface area contributed by atoms with Gasteiger partial charge in [-0.3, -0.25) is 4.90 Å². The second-order valence-corrected chi connectivity index (χ2v) is 5.09. The van der Waals surface area contributed by atoms with Gasteiger partial charge in [-0.1, -0.05) is 6.42 Å². The molecule has 0 radical (unpaired) electrons. The lowest BCUT2D eigenvalue weighted by Crippen LogP contribution is -2.48. The van der Waals surface area contributed by atoms with E-state index in [0.717, 1.165) is 6.54 Å². The highest BCUT2D eigenvalue weighted by atomic mass is 32.1. The van der Waals surface area contributed by atoms with Gasteiger partial charge in [0.1, 0.15) is 0 Å². The van der Waals surface area contributed by atoms with Gasteiger partial charge in [0, 0.05) is 24.0 Å². The Morgan fingerprint density at radius 3 is 3.20 bits per heavy atom. The first-order chi connectivity index (χ1) is 7.27. The Balaban J connectivity index is 1.99. The highest BCUT2D eigenvalue weighted by Crippen LogP contribution is 2.21. The normalized spacial score (nSPS) is 25.3. The molecule has 1 fully saturated rings. The van der Waals surface area contributed by atoms with Crippen molar-refractivity contribution in [2.24, 2.45) is 5.73 Å². The summed E-state index contributed by atoms with van der Waals surface area (Å²) in [5.74, 6) is 0. The maximum Gasteiger partial charge on any atom is 0.0795 e. The number of nitrogens with zero attached hydrogens (tertiary/aromatic N) is 2. The van der Waals surface area contributed by atoms with Gasteiger partial charge in [-0.2, -0.15) is 0 Å². The summed E-state index contributed by atoms with van der Waals surface area (Å²) in [6, 6.07) is 0.810. The van der Waals surface area contributed by atoms with E-state index in [2.05, 4.69) is 22.2 Å². The van der Waals surface area contributed by atoms with E-state index in [4.69, 9.17) is 5.73 Å². The van der Waals surface area contributed by atoms with E-state index >= 15 is 0 Å². The number of rotatable bonds is 3. The van der Waals surface area contributed by atoms with E-state index in [1.807, 2.05) is 5.51 Å². The van der Waals surface area contributed by atoms with Crippen molar-refractivity contribution in [3.63, 3.8) is 0 Å². The summed E-state index contributed by atoms with van der Waals surface area (Å²) < 4.78 is 0.